The number of sulfone groups is 1. The molecule has 8 nitrogen and oxygen atoms in total. The highest BCUT2D eigenvalue weighted by Crippen LogP contribution is 2.45. The van der Waals surface area contributed by atoms with Gasteiger partial charge >= 0.3 is 0 Å². The molecule has 2 N–H and O–H groups in total. The van der Waals surface area contributed by atoms with Crippen molar-refractivity contribution in [2.45, 2.75) is 35.9 Å². The molecule has 1 aliphatic heterocycles. The fourth-order valence-corrected chi connectivity index (χ4v) is 7.06. The summed E-state index contributed by atoms with van der Waals surface area (Å²) in [4.78, 5) is 19.4. The molecule has 0 unspecified atom stereocenters. The van der Waals surface area contributed by atoms with E-state index in [1.807, 2.05) is 0 Å². The number of aliphatic hydroxyl groups excluding tert-OH is 1. The number of carbonyl (C=O) groups excluding carboxylic acids is 1. The van der Waals surface area contributed by atoms with E-state index in [2.05, 4.69) is 5.32 Å². The molecular weight excluding hydrogens is 671 g/mol. The first-order chi connectivity index (χ1) is 22.1. The zero-order valence-corrected chi connectivity index (χ0v) is 27.6. The highest BCUT2D eigenvalue weighted by atomic mass is 35.5. The first-order valence-electron chi connectivity index (χ1n) is 14.5. The van der Waals surface area contributed by atoms with Gasteiger partial charge in [0.2, 0.25) is 5.90 Å². The Morgan fingerprint density at radius 1 is 0.935 bits per heavy atom. The maximum Gasteiger partial charge on any atom is 0.252 e. The number of aliphatic hydroxyl groups is 1. The molecule has 2 atom stereocenters. The van der Waals surface area contributed by atoms with E-state index < -0.39 is 33.1 Å². The second-order valence-electron chi connectivity index (χ2n) is 10.6. The fraction of sp³-hybridized carbons (Fsp3) is 0.235. The highest BCUT2D eigenvalue weighted by Gasteiger charge is 2.54. The highest BCUT2D eigenvalue weighted by molar-refractivity contribution is 7.91. The molecule has 240 valence electrons. The summed E-state index contributed by atoms with van der Waals surface area (Å²) in [6.07, 6.45) is -0.823. The number of nitrogens with zero attached hydrogens (tertiary/aromatic N) is 1. The van der Waals surface area contributed by atoms with Gasteiger partial charge in [0.25, 0.3) is 5.91 Å². The van der Waals surface area contributed by atoms with Crippen LogP contribution in [0, 0.1) is 0 Å². The molecule has 0 radical (unpaired) electrons. The lowest BCUT2D eigenvalue weighted by atomic mass is 9.85. The van der Waals surface area contributed by atoms with Crippen molar-refractivity contribution < 1.29 is 27.8 Å². The van der Waals surface area contributed by atoms with E-state index in [0.717, 1.165) is 5.56 Å². The van der Waals surface area contributed by atoms with Crippen LogP contribution in [-0.2, 0) is 25.9 Å². The molecule has 1 heterocycles. The van der Waals surface area contributed by atoms with Crippen molar-refractivity contribution in [3.8, 4) is 5.75 Å². The van der Waals surface area contributed by atoms with Crippen LogP contribution in [-0.4, -0.2) is 49.8 Å². The summed E-state index contributed by atoms with van der Waals surface area (Å²) in [5.74, 6) is -0.225. The fourth-order valence-electron chi connectivity index (χ4n) is 5.03. The van der Waals surface area contributed by atoms with Crippen LogP contribution < -0.4 is 10.1 Å². The Balaban J connectivity index is 1.56. The molecule has 1 aliphatic rings. The van der Waals surface area contributed by atoms with Crippen molar-refractivity contribution in [1.82, 2.24) is 5.32 Å². The molecule has 0 fully saturated rings. The van der Waals surface area contributed by atoms with E-state index in [1.165, 1.54) is 18.2 Å². The standard InChI is InChI=1S/C34H31Cl3N2O6S/c35-25-11-7-23(8-12-25)22-38-33(41)34(17-20-46(42,43)28-5-2-1-3-6-28)31(29-16-13-26(36)21-30(29)37)45-32(39-34)24-9-14-27(15-10-24)44-19-4-18-40/h1-3,5-16,21,31,40H,4,17-20,22H2,(H,38,41)/t31-,34-/m1/s1. The van der Waals surface area contributed by atoms with Crippen LogP contribution in [0.25, 0.3) is 0 Å². The van der Waals surface area contributed by atoms with Gasteiger partial charge in [0, 0.05) is 52.2 Å². The molecule has 1 amide bonds. The van der Waals surface area contributed by atoms with Crippen LogP contribution in [0.15, 0.2) is 107 Å². The second kappa shape index (κ2) is 14.9. The first kappa shape index (κ1) is 33.8. The summed E-state index contributed by atoms with van der Waals surface area (Å²) in [6, 6.07) is 26.8. The van der Waals surface area contributed by atoms with Crippen LogP contribution in [0.3, 0.4) is 0 Å². The number of amides is 1. The lowest BCUT2D eigenvalue weighted by Gasteiger charge is -2.31. The number of nitrogens with one attached hydrogen (secondary N) is 1. The molecule has 0 bridgehead atoms. The molecule has 12 heteroatoms. The topological polar surface area (TPSA) is 114 Å². The quantitative estimate of drug-likeness (QED) is 0.148. The van der Waals surface area contributed by atoms with Crippen LogP contribution >= 0.6 is 34.8 Å². The molecule has 0 aromatic heterocycles. The Labute approximate surface area is 282 Å². The molecule has 0 spiro atoms. The number of benzene rings is 4. The number of hydrogen-bond acceptors (Lipinski definition) is 7. The van der Waals surface area contributed by atoms with E-state index in [0.29, 0.717) is 39.9 Å². The molecule has 5 rings (SSSR count). The minimum absolute atomic E-state index is 0.0134. The van der Waals surface area contributed by atoms with Crippen molar-refractivity contribution in [1.29, 1.82) is 0 Å². The summed E-state index contributed by atoms with van der Waals surface area (Å²) >= 11 is 18.9. The van der Waals surface area contributed by atoms with Crippen LogP contribution in [0.4, 0.5) is 0 Å². The lowest BCUT2D eigenvalue weighted by molar-refractivity contribution is -0.129. The van der Waals surface area contributed by atoms with E-state index in [4.69, 9.17) is 54.4 Å². The van der Waals surface area contributed by atoms with Crippen molar-refractivity contribution in [2.75, 3.05) is 19.0 Å². The monoisotopic (exact) mass is 700 g/mol. The van der Waals surface area contributed by atoms with Gasteiger partial charge in [-0.05, 0) is 66.2 Å². The maximum atomic E-state index is 14.4. The number of rotatable bonds is 13. The number of halogens is 3. The van der Waals surface area contributed by atoms with Gasteiger partial charge in [0.1, 0.15) is 5.75 Å². The molecule has 46 heavy (non-hydrogen) atoms. The van der Waals surface area contributed by atoms with Crippen molar-refractivity contribution in [3.05, 3.63) is 129 Å². The molecule has 4 aromatic carbocycles. The molecule has 4 aromatic rings. The number of ether oxygens (including phenoxy) is 2. The summed E-state index contributed by atoms with van der Waals surface area (Å²) in [5, 5.41) is 13.2. The Kier molecular flexibility index (Phi) is 10.9. The predicted molar refractivity (Wildman–Crippen MR) is 180 cm³/mol. The van der Waals surface area contributed by atoms with E-state index in [-0.39, 0.29) is 35.4 Å². The third kappa shape index (κ3) is 7.85. The Hall–Kier alpha value is -3.60. The Morgan fingerprint density at radius 3 is 2.30 bits per heavy atom. The third-order valence-electron chi connectivity index (χ3n) is 7.50. The van der Waals surface area contributed by atoms with Gasteiger partial charge in [-0.3, -0.25) is 4.79 Å². The van der Waals surface area contributed by atoms with E-state index in [9.17, 15) is 13.2 Å². The summed E-state index contributed by atoms with van der Waals surface area (Å²) < 4.78 is 39.1. The SMILES string of the molecule is O=C(NCc1ccc(Cl)cc1)[C@]1(CCS(=O)(=O)c2ccccc2)N=C(c2ccc(OCCCO)cc2)O[C@@H]1c1ccc(Cl)cc1Cl. The van der Waals surface area contributed by atoms with Gasteiger partial charge in [-0.15, -0.1) is 0 Å². The zero-order valence-electron chi connectivity index (χ0n) is 24.5. The average Bonchev–Trinajstić information content (AvgIpc) is 3.45. The van der Waals surface area contributed by atoms with Gasteiger partial charge < -0.3 is 19.9 Å². The van der Waals surface area contributed by atoms with Gasteiger partial charge in [0.15, 0.2) is 21.5 Å². The van der Waals surface area contributed by atoms with E-state index >= 15 is 0 Å². The van der Waals surface area contributed by atoms with Crippen LogP contribution in [0.5, 0.6) is 5.75 Å². The number of hydrogen-bond donors (Lipinski definition) is 2. The normalized spacial score (nSPS) is 17.7. The molecule has 0 aliphatic carbocycles. The smallest absolute Gasteiger partial charge is 0.252 e. The Morgan fingerprint density at radius 2 is 1.63 bits per heavy atom. The average molecular weight is 702 g/mol. The van der Waals surface area contributed by atoms with Gasteiger partial charge in [-0.2, -0.15) is 0 Å². The number of aliphatic imine (C=N–C) groups is 1. The van der Waals surface area contributed by atoms with Crippen LogP contribution in [0.1, 0.15) is 35.6 Å². The zero-order chi connectivity index (χ0) is 32.7. The maximum absolute atomic E-state index is 14.4. The van der Waals surface area contributed by atoms with Crippen molar-refractivity contribution >= 4 is 56.4 Å². The largest absolute Gasteiger partial charge is 0.494 e. The Bertz CT molecular complexity index is 1800. The second-order valence-corrected chi connectivity index (χ2v) is 14.0. The molecular formula is C34H31Cl3N2O6S. The summed E-state index contributed by atoms with van der Waals surface area (Å²) in [6.45, 7) is 0.492. The van der Waals surface area contributed by atoms with E-state index in [1.54, 1.807) is 78.9 Å². The summed E-state index contributed by atoms with van der Waals surface area (Å²) in [7, 11) is -3.82. The molecule has 0 saturated carbocycles. The van der Waals surface area contributed by atoms with Crippen LogP contribution in [0.2, 0.25) is 15.1 Å². The minimum atomic E-state index is -3.82. The minimum Gasteiger partial charge on any atom is -0.494 e. The molecule has 0 saturated heterocycles. The lowest BCUT2D eigenvalue weighted by Crippen LogP contribution is -2.49. The van der Waals surface area contributed by atoms with Gasteiger partial charge in [-0.1, -0.05) is 71.2 Å². The predicted octanol–water partition coefficient (Wildman–Crippen LogP) is 6.85. The first-order valence-corrected chi connectivity index (χ1v) is 17.3. The summed E-state index contributed by atoms with van der Waals surface area (Å²) in [5.41, 5.74) is 0.0124. The van der Waals surface area contributed by atoms with Gasteiger partial charge in [0.05, 0.1) is 17.3 Å². The number of carbonyl (C=O) groups is 1. The third-order valence-corrected chi connectivity index (χ3v) is 10.0. The van der Waals surface area contributed by atoms with Gasteiger partial charge in [-0.25, -0.2) is 13.4 Å². The van der Waals surface area contributed by atoms with Crippen molar-refractivity contribution in [3.63, 3.8) is 0 Å². The van der Waals surface area contributed by atoms with Crippen molar-refractivity contribution in [2.24, 2.45) is 4.99 Å².